The van der Waals surface area contributed by atoms with Crippen LogP contribution in [0.1, 0.15) is 150 Å². The molecule has 1 unspecified atom stereocenters. The quantitative estimate of drug-likeness (QED) is 0.0655. The Kier molecular flexibility index (Phi) is 21.9. The summed E-state index contributed by atoms with van der Waals surface area (Å²) in [5.74, 6) is 0.390. The molecule has 0 aromatic heterocycles. The number of likely N-dealkylation sites (N-methyl/N-ethyl adjacent to an activating group) is 1. The number of carbonyl (C=O) groups is 4. The molecule has 1 aromatic carbocycles. The van der Waals surface area contributed by atoms with E-state index in [-0.39, 0.29) is 40.9 Å². The average molecular weight is 1040 g/mol. The number of fused-ring (bicyclic) bond motifs is 5. The summed E-state index contributed by atoms with van der Waals surface area (Å²) in [4.78, 5) is 57.4. The highest BCUT2D eigenvalue weighted by molar-refractivity contribution is 8.77. The number of ether oxygens (including phenoxy) is 5. The third kappa shape index (κ3) is 15.8. The van der Waals surface area contributed by atoms with E-state index < -0.39 is 66.0 Å². The third-order valence-electron chi connectivity index (χ3n) is 14.9. The summed E-state index contributed by atoms with van der Waals surface area (Å²) >= 11 is 6.85. The van der Waals surface area contributed by atoms with E-state index >= 15 is 0 Å². The first-order valence-electron chi connectivity index (χ1n) is 25.4. The second-order valence-electron chi connectivity index (χ2n) is 20.9. The molecule has 4 aliphatic rings. The topological polar surface area (TPSA) is 177 Å². The van der Waals surface area contributed by atoms with Gasteiger partial charge in [-0.15, -0.1) is 0 Å². The lowest BCUT2D eigenvalue weighted by atomic mass is 9.83. The Morgan fingerprint density at radius 3 is 2.33 bits per heavy atom. The molecule has 14 nitrogen and oxygen atoms in total. The molecule has 0 spiro atoms. The molecule has 3 fully saturated rings. The summed E-state index contributed by atoms with van der Waals surface area (Å²) in [7, 11) is 9.50. The SMILES string of the molecule is COc1cc2cc(c1Cl)N(C)C(=O)C[C@@H](OC(O)[C@@H](C)N(C)C(=O)CCSSC(C)(C)CCC(=O)C1CCCCCCCCCCC1)[C@@]1(C)O[C@@H]1[C@@H](C)[C@H]1C[C@](O)(NC(=O)O1)[C@@H](OC)/C=C/C=C(\C)C2. The number of epoxide rings is 1. The van der Waals surface area contributed by atoms with Crippen LogP contribution in [0.15, 0.2) is 35.9 Å². The van der Waals surface area contributed by atoms with Crippen LogP contribution in [0.2, 0.25) is 5.02 Å². The molecule has 3 heterocycles. The molecular weight excluding hydrogens is 954 g/mol. The molecule has 3 amide bonds. The summed E-state index contributed by atoms with van der Waals surface area (Å²) in [5, 5.41) is 26.4. The minimum absolute atomic E-state index is 0.0420. The van der Waals surface area contributed by atoms with Gasteiger partial charge in [0.15, 0.2) is 12.0 Å². The number of alkyl carbamates (subject to hydrolysis) is 1. The predicted molar refractivity (Wildman–Crippen MR) is 279 cm³/mol. The first kappa shape index (κ1) is 58.1. The number of aliphatic hydroxyl groups is 2. The molecule has 4 bridgehead atoms. The maximum absolute atomic E-state index is 14.4. The number of halogens is 1. The Balaban J connectivity index is 1.26. The molecule has 70 heavy (non-hydrogen) atoms. The van der Waals surface area contributed by atoms with Crippen LogP contribution in [0, 0.1) is 11.8 Å². The highest BCUT2D eigenvalue weighted by Gasteiger charge is 2.64. The number of ketones is 1. The van der Waals surface area contributed by atoms with Gasteiger partial charge in [-0.25, -0.2) is 4.79 Å². The van der Waals surface area contributed by atoms with Gasteiger partial charge in [0.25, 0.3) is 0 Å². The Morgan fingerprint density at radius 2 is 1.70 bits per heavy atom. The van der Waals surface area contributed by atoms with Crippen molar-refractivity contribution in [2.45, 2.75) is 204 Å². The molecular formula is C53H82ClN3O11S2. The van der Waals surface area contributed by atoms with Crippen molar-refractivity contribution in [3.63, 3.8) is 0 Å². The van der Waals surface area contributed by atoms with Crippen molar-refractivity contribution in [2.75, 3.05) is 39.0 Å². The number of carbonyl (C=O) groups excluding carboxylic acids is 4. The van der Waals surface area contributed by atoms with E-state index in [1.165, 1.54) is 69.0 Å². The largest absolute Gasteiger partial charge is 0.495 e. The molecule has 3 N–H and O–H groups in total. The number of anilines is 1. The van der Waals surface area contributed by atoms with E-state index in [4.69, 9.17) is 35.3 Å². The summed E-state index contributed by atoms with van der Waals surface area (Å²) in [6, 6.07) is 2.81. The van der Waals surface area contributed by atoms with Crippen molar-refractivity contribution in [2.24, 2.45) is 11.8 Å². The van der Waals surface area contributed by atoms with Crippen molar-refractivity contribution in [3.8, 4) is 5.75 Å². The number of hydrogen-bond acceptors (Lipinski definition) is 13. The molecule has 9 atom stereocenters. The number of methoxy groups -OCH3 is 2. The molecule has 1 saturated carbocycles. The monoisotopic (exact) mass is 1040 g/mol. The number of allylic oxidation sites excluding steroid dienone is 3. The normalized spacial score (nSPS) is 29.9. The van der Waals surface area contributed by atoms with Gasteiger partial charge in [-0.3, -0.25) is 19.7 Å². The Morgan fingerprint density at radius 1 is 1.06 bits per heavy atom. The van der Waals surface area contributed by atoms with Crippen LogP contribution < -0.4 is 15.0 Å². The van der Waals surface area contributed by atoms with Gasteiger partial charge in [-0.05, 0) is 78.0 Å². The fourth-order valence-electron chi connectivity index (χ4n) is 9.99. The fraction of sp³-hybridized carbons (Fsp3) is 0.736. The van der Waals surface area contributed by atoms with Crippen LogP contribution >= 0.6 is 33.2 Å². The van der Waals surface area contributed by atoms with Crippen molar-refractivity contribution in [3.05, 3.63) is 46.5 Å². The summed E-state index contributed by atoms with van der Waals surface area (Å²) < 4.78 is 29.7. The Bertz CT molecular complexity index is 1990. The molecule has 1 aliphatic carbocycles. The predicted octanol–water partition coefficient (Wildman–Crippen LogP) is 10.1. The van der Waals surface area contributed by atoms with Crippen LogP contribution in [-0.4, -0.2) is 126 Å². The zero-order valence-corrected chi connectivity index (χ0v) is 45.8. The molecule has 394 valence electrons. The highest BCUT2D eigenvalue weighted by Crippen LogP contribution is 2.49. The molecule has 0 radical (unpaired) electrons. The van der Waals surface area contributed by atoms with Crippen LogP contribution in [0.5, 0.6) is 5.75 Å². The zero-order chi connectivity index (χ0) is 51.4. The van der Waals surface area contributed by atoms with Crippen molar-refractivity contribution < 1.29 is 53.1 Å². The standard InChI is InChI=1S/C53H82ClN3O11S2/c1-34-21-20-24-43(65-10)53(63)33-42(66-50(62)55-53)35(2)48-52(6,68-48)44(32-46(60)57(8)39-30-37(29-34)31-41(64-9)47(39)54)67-49(61)36(3)56(7)45(59)26-28-69-70-51(4,5)27-25-40(58)38-22-18-16-14-12-11-13-15-17-19-23-38/h20-21,24,30-31,35-36,38,42-44,48-49,61,63H,11-19,22-23,25-29,32-33H2,1-10H3,(H,55,62)/b24-20+,34-21+/t35-,36+,42+,43-,44+,48+,49?,52+,53+/m0/s1. The summed E-state index contributed by atoms with van der Waals surface area (Å²) in [6.07, 6.45) is 14.4. The van der Waals surface area contributed by atoms with Gasteiger partial charge < -0.3 is 43.7 Å². The molecule has 1 aromatic rings. The number of benzene rings is 1. The summed E-state index contributed by atoms with van der Waals surface area (Å²) in [5.41, 5.74) is -0.845. The van der Waals surface area contributed by atoms with Gasteiger partial charge in [0.2, 0.25) is 11.8 Å². The van der Waals surface area contributed by atoms with Crippen LogP contribution in [0.4, 0.5) is 10.5 Å². The average Bonchev–Trinajstić information content (AvgIpc) is 4.01. The molecule has 3 aliphatic heterocycles. The van der Waals surface area contributed by atoms with Crippen molar-refractivity contribution >= 4 is 62.6 Å². The number of hydrogen-bond donors (Lipinski definition) is 3. The lowest BCUT2D eigenvalue weighted by Crippen LogP contribution is -2.63. The minimum atomic E-state index is -1.83. The first-order chi connectivity index (χ1) is 33.1. The number of Topliss-reactive ketones (excluding diaryl/α,β-unsaturated/α-hetero) is 1. The second kappa shape index (κ2) is 26.4. The second-order valence-corrected chi connectivity index (χ2v) is 24.4. The smallest absolute Gasteiger partial charge is 0.409 e. The van der Waals surface area contributed by atoms with Crippen molar-refractivity contribution in [1.82, 2.24) is 10.2 Å². The van der Waals surface area contributed by atoms with E-state index in [2.05, 4.69) is 19.2 Å². The number of rotatable bonds is 15. The van der Waals surface area contributed by atoms with Gasteiger partial charge in [0.1, 0.15) is 40.5 Å². The Labute approximate surface area is 430 Å². The van der Waals surface area contributed by atoms with Gasteiger partial charge in [0, 0.05) is 62.8 Å². The lowest BCUT2D eigenvalue weighted by Gasteiger charge is -2.42. The minimum Gasteiger partial charge on any atom is -0.495 e. The first-order valence-corrected chi connectivity index (χ1v) is 28.1. The van der Waals surface area contributed by atoms with Gasteiger partial charge in [-0.1, -0.05) is 122 Å². The van der Waals surface area contributed by atoms with Crippen LogP contribution in [-0.2, 0) is 39.8 Å². The maximum Gasteiger partial charge on any atom is 0.409 e. The van der Waals surface area contributed by atoms with E-state index in [1.807, 2.05) is 32.1 Å². The maximum atomic E-state index is 14.4. The molecule has 2 saturated heterocycles. The Hall–Kier alpha value is -2.83. The molecule has 5 rings (SSSR count). The third-order valence-corrected chi connectivity index (χ3v) is 18.6. The zero-order valence-electron chi connectivity index (χ0n) is 43.4. The van der Waals surface area contributed by atoms with Gasteiger partial charge >= 0.3 is 6.09 Å². The number of nitrogens with zero attached hydrogens (tertiary/aromatic N) is 2. The number of aliphatic hydroxyl groups excluding tert-OH is 1. The van der Waals surface area contributed by atoms with Crippen LogP contribution in [0.25, 0.3) is 0 Å². The van der Waals surface area contributed by atoms with Crippen molar-refractivity contribution in [1.29, 1.82) is 0 Å². The summed E-state index contributed by atoms with van der Waals surface area (Å²) in [6.45, 7) is 11.5. The highest BCUT2D eigenvalue weighted by atomic mass is 35.5. The van der Waals surface area contributed by atoms with Crippen LogP contribution in [0.3, 0.4) is 0 Å². The van der Waals surface area contributed by atoms with E-state index in [9.17, 15) is 29.4 Å². The number of nitrogens with one attached hydrogen (secondary N) is 1. The number of amides is 3. The molecule has 17 heteroatoms. The fourth-order valence-corrected chi connectivity index (χ4v) is 12.9. The van der Waals surface area contributed by atoms with E-state index in [0.717, 1.165) is 43.2 Å². The van der Waals surface area contributed by atoms with Gasteiger partial charge in [-0.2, -0.15) is 0 Å². The van der Waals surface area contributed by atoms with E-state index in [0.29, 0.717) is 35.8 Å². The van der Waals surface area contributed by atoms with E-state index in [1.54, 1.807) is 61.7 Å². The van der Waals surface area contributed by atoms with Gasteiger partial charge in [0.05, 0.1) is 31.4 Å². The lowest BCUT2D eigenvalue weighted by molar-refractivity contribution is -0.186.